The number of ether oxygens (including phenoxy) is 1. The van der Waals surface area contributed by atoms with E-state index in [4.69, 9.17) is 10.5 Å². The van der Waals surface area contributed by atoms with Crippen molar-refractivity contribution in [3.05, 3.63) is 33.9 Å². The third kappa shape index (κ3) is 4.50. The van der Waals surface area contributed by atoms with Crippen LogP contribution in [0.25, 0.3) is 0 Å². The van der Waals surface area contributed by atoms with Crippen LogP contribution in [0.3, 0.4) is 0 Å². The third-order valence-corrected chi connectivity index (χ3v) is 3.02. The van der Waals surface area contributed by atoms with Gasteiger partial charge in [-0.2, -0.15) is 0 Å². The Morgan fingerprint density at radius 1 is 1.37 bits per heavy atom. The van der Waals surface area contributed by atoms with Crippen molar-refractivity contribution < 1.29 is 9.66 Å². The van der Waals surface area contributed by atoms with Crippen LogP contribution in [-0.4, -0.2) is 36.1 Å². The van der Waals surface area contributed by atoms with Crippen LogP contribution in [0.1, 0.15) is 19.4 Å². The lowest BCUT2D eigenvalue weighted by molar-refractivity contribution is -0.385. The highest BCUT2D eigenvalue weighted by atomic mass is 16.6. The molecule has 0 heterocycles. The van der Waals surface area contributed by atoms with Crippen molar-refractivity contribution >= 4 is 5.69 Å². The van der Waals surface area contributed by atoms with Gasteiger partial charge in [-0.15, -0.1) is 0 Å². The van der Waals surface area contributed by atoms with Crippen LogP contribution in [0, 0.1) is 10.1 Å². The fourth-order valence-electron chi connectivity index (χ4n) is 1.78. The summed E-state index contributed by atoms with van der Waals surface area (Å²) < 4.78 is 5.54. The lowest BCUT2D eigenvalue weighted by Gasteiger charge is -2.18. The first-order valence-electron chi connectivity index (χ1n) is 6.44. The average molecular weight is 267 g/mol. The maximum Gasteiger partial charge on any atom is 0.310 e. The average Bonchev–Trinajstić information content (AvgIpc) is 2.43. The lowest BCUT2D eigenvalue weighted by atomic mass is 10.2. The number of benzene rings is 1. The highest BCUT2D eigenvalue weighted by Crippen LogP contribution is 2.27. The molecule has 0 aromatic heterocycles. The SMILES string of the molecule is CCN(CC)CCOc1cc(CN)ccc1[N+](=O)[O-]. The number of nitrogens with two attached hydrogens (primary N) is 1. The van der Waals surface area contributed by atoms with Crippen LogP contribution in [0.2, 0.25) is 0 Å². The van der Waals surface area contributed by atoms with Crippen LogP contribution in [0.5, 0.6) is 5.75 Å². The predicted octanol–water partition coefficient (Wildman–Crippen LogP) is 1.77. The molecule has 6 heteroatoms. The molecule has 0 saturated heterocycles. The highest BCUT2D eigenvalue weighted by Gasteiger charge is 2.15. The van der Waals surface area contributed by atoms with Crippen molar-refractivity contribution in [2.45, 2.75) is 20.4 Å². The van der Waals surface area contributed by atoms with E-state index in [2.05, 4.69) is 18.7 Å². The molecule has 0 aliphatic carbocycles. The monoisotopic (exact) mass is 267 g/mol. The van der Waals surface area contributed by atoms with Gasteiger partial charge in [0, 0.05) is 19.2 Å². The zero-order valence-electron chi connectivity index (χ0n) is 11.5. The molecule has 0 amide bonds. The first-order valence-corrected chi connectivity index (χ1v) is 6.44. The maximum absolute atomic E-state index is 10.9. The summed E-state index contributed by atoms with van der Waals surface area (Å²) in [6, 6.07) is 4.73. The second-order valence-electron chi connectivity index (χ2n) is 4.14. The van der Waals surface area contributed by atoms with E-state index in [9.17, 15) is 10.1 Å². The largest absolute Gasteiger partial charge is 0.485 e. The van der Waals surface area contributed by atoms with Gasteiger partial charge < -0.3 is 15.4 Å². The Bertz CT molecular complexity index is 420. The number of rotatable bonds is 8. The zero-order valence-corrected chi connectivity index (χ0v) is 11.5. The van der Waals surface area contributed by atoms with E-state index in [-0.39, 0.29) is 5.69 Å². The molecule has 0 bridgehead atoms. The maximum atomic E-state index is 10.9. The summed E-state index contributed by atoms with van der Waals surface area (Å²) in [4.78, 5) is 12.7. The lowest BCUT2D eigenvalue weighted by Crippen LogP contribution is -2.28. The van der Waals surface area contributed by atoms with Crippen molar-refractivity contribution in [3.63, 3.8) is 0 Å². The molecule has 0 saturated carbocycles. The van der Waals surface area contributed by atoms with Crippen molar-refractivity contribution in [2.24, 2.45) is 5.73 Å². The van der Waals surface area contributed by atoms with Crippen LogP contribution in [0.4, 0.5) is 5.69 Å². The van der Waals surface area contributed by atoms with E-state index >= 15 is 0 Å². The number of nitro benzene ring substituents is 1. The number of hydrogen-bond acceptors (Lipinski definition) is 5. The van der Waals surface area contributed by atoms with E-state index < -0.39 is 4.92 Å². The van der Waals surface area contributed by atoms with E-state index in [1.54, 1.807) is 12.1 Å². The molecule has 0 unspecified atom stereocenters. The fourth-order valence-corrected chi connectivity index (χ4v) is 1.78. The molecule has 0 radical (unpaired) electrons. The number of likely N-dealkylation sites (N-methyl/N-ethyl adjacent to an activating group) is 1. The Morgan fingerprint density at radius 2 is 2.05 bits per heavy atom. The third-order valence-electron chi connectivity index (χ3n) is 3.02. The minimum atomic E-state index is -0.437. The standard InChI is InChI=1S/C13H21N3O3/c1-3-15(4-2)7-8-19-13-9-11(10-14)5-6-12(13)16(17)18/h5-6,9H,3-4,7-8,10,14H2,1-2H3. The second-order valence-corrected chi connectivity index (χ2v) is 4.14. The summed E-state index contributed by atoms with van der Waals surface area (Å²) in [6.07, 6.45) is 0. The quantitative estimate of drug-likeness (QED) is 0.573. The summed E-state index contributed by atoms with van der Waals surface area (Å²) in [7, 11) is 0. The molecule has 0 aliphatic heterocycles. The fraction of sp³-hybridized carbons (Fsp3) is 0.538. The van der Waals surface area contributed by atoms with Crippen molar-refractivity contribution in [3.8, 4) is 5.75 Å². The molecule has 106 valence electrons. The smallest absolute Gasteiger partial charge is 0.310 e. The molecule has 0 spiro atoms. The van der Waals surface area contributed by atoms with Gasteiger partial charge >= 0.3 is 5.69 Å². The van der Waals surface area contributed by atoms with Gasteiger partial charge in [0.2, 0.25) is 0 Å². The first kappa shape index (κ1) is 15.4. The van der Waals surface area contributed by atoms with Gasteiger partial charge in [0.1, 0.15) is 6.61 Å². The zero-order chi connectivity index (χ0) is 14.3. The Kier molecular flexibility index (Phi) is 6.24. The summed E-state index contributed by atoms with van der Waals surface area (Å²) >= 11 is 0. The molecule has 1 aromatic carbocycles. The summed E-state index contributed by atoms with van der Waals surface area (Å²) in [6.45, 7) is 7.52. The molecule has 1 rings (SSSR count). The minimum absolute atomic E-state index is 0.0169. The summed E-state index contributed by atoms with van der Waals surface area (Å²) in [5, 5.41) is 10.9. The van der Waals surface area contributed by atoms with Crippen molar-refractivity contribution in [1.82, 2.24) is 4.90 Å². The van der Waals surface area contributed by atoms with Crippen LogP contribution >= 0.6 is 0 Å². The van der Waals surface area contributed by atoms with E-state index in [0.29, 0.717) is 18.9 Å². The number of hydrogen-bond donors (Lipinski definition) is 1. The van der Waals surface area contributed by atoms with Gasteiger partial charge in [0.05, 0.1) is 4.92 Å². The van der Waals surface area contributed by atoms with Crippen LogP contribution in [0.15, 0.2) is 18.2 Å². The molecule has 0 atom stereocenters. The molecule has 19 heavy (non-hydrogen) atoms. The highest BCUT2D eigenvalue weighted by molar-refractivity contribution is 5.48. The molecule has 0 aliphatic rings. The molecular weight excluding hydrogens is 246 g/mol. The van der Waals surface area contributed by atoms with Gasteiger partial charge in [0.25, 0.3) is 0 Å². The van der Waals surface area contributed by atoms with Crippen molar-refractivity contribution in [2.75, 3.05) is 26.2 Å². The molecular formula is C13H21N3O3. The van der Waals surface area contributed by atoms with Gasteiger partial charge in [0.15, 0.2) is 5.75 Å². The number of nitro groups is 1. The normalized spacial score (nSPS) is 10.7. The van der Waals surface area contributed by atoms with E-state index in [1.807, 2.05) is 0 Å². The van der Waals surface area contributed by atoms with Gasteiger partial charge in [-0.1, -0.05) is 19.9 Å². The molecule has 0 fully saturated rings. The molecule has 2 N–H and O–H groups in total. The Balaban J connectivity index is 2.72. The molecule has 1 aromatic rings. The summed E-state index contributed by atoms with van der Waals surface area (Å²) in [5.74, 6) is 0.292. The van der Waals surface area contributed by atoms with E-state index in [0.717, 1.165) is 25.2 Å². The van der Waals surface area contributed by atoms with Gasteiger partial charge in [-0.25, -0.2) is 0 Å². The van der Waals surface area contributed by atoms with E-state index in [1.165, 1.54) is 6.07 Å². The first-order chi connectivity index (χ1) is 9.12. The minimum Gasteiger partial charge on any atom is -0.485 e. The number of nitrogens with zero attached hydrogens (tertiary/aromatic N) is 2. The predicted molar refractivity (Wildman–Crippen MR) is 74.3 cm³/mol. The second kappa shape index (κ2) is 7.70. The molecule has 6 nitrogen and oxygen atoms in total. The van der Waals surface area contributed by atoms with Gasteiger partial charge in [-0.05, 0) is 24.7 Å². The summed E-state index contributed by atoms with van der Waals surface area (Å²) in [5.41, 5.74) is 6.34. The Hall–Kier alpha value is -1.66. The van der Waals surface area contributed by atoms with Crippen LogP contribution < -0.4 is 10.5 Å². The Labute approximate surface area is 113 Å². The Morgan fingerprint density at radius 3 is 2.58 bits per heavy atom. The van der Waals surface area contributed by atoms with Crippen molar-refractivity contribution in [1.29, 1.82) is 0 Å². The van der Waals surface area contributed by atoms with Gasteiger partial charge in [-0.3, -0.25) is 10.1 Å². The van der Waals surface area contributed by atoms with Crippen LogP contribution in [-0.2, 0) is 6.54 Å². The topological polar surface area (TPSA) is 81.6 Å².